The van der Waals surface area contributed by atoms with Gasteiger partial charge in [0.25, 0.3) is 0 Å². The van der Waals surface area contributed by atoms with Gasteiger partial charge in [0.2, 0.25) is 10.0 Å². The van der Waals surface area contributed by atoms with E-state index in [0.717, 1.165) is 25.2 Å². The number of benzene rings is 1. The van der Waals surface area contributed by atoms with Crippen LogP contribution in [0, 0.1) is 5.92 Å². The van der Waals surface area contributed by atoms with Crippen LogP contribution in [0.25, 0.3) is 0 Å². The van der Waals surface area contributed by atoms with Gasteiger partial charge in [-0.25, -0.2) is 13.1 Å². The van der Waals surface area contributed by atoms with E-state index < -0.39 is 22.1 Å². The zero-order valence-corrected chi connectivity index (χ0v) is 14.9. The molecule has 1 fully saturated rings. The number of guanidine groups is 1. The molecule has 0 aliphatic heterocycles. The summed E-state index contributed by atoms with van der Waals surface area (Å²) in [5.41, 5.74) is 5.78. The smallest absolute Gasteiger partial charge is 0.404 e. The number of anilines is 1. The van der Waals surface area contributed by atoms with Crippen LogP contribution in [-0.2, 0) is 10.0 Å². The first-order valence-electron chi connectivity index (χ1n) is 7.92. The molecular weight excluding hydrogens is 373 g/mol. The Hall–Kier alpha value is -2.01. The van der Waals surface area contributed by atoms with Crippen LogP contribution in [0.4, 0.5) is 18.9 Å². The molecule has 2 unspecified atom stereocenters. The standard InChI is InChI=1S/C15H21F3N4O3S/c1-26(23,24)22-11-7-4-5-10(11)9-20-14(19)21-12-6-2-3-8-13(12)25-15(16,17)18/h2-3,6,8,10-11,22H,4-5,7,9H2,1H3,(H3,19,20,21). The van der Waals surface area contributed by atoms with Gasteiger partial charge in [0.15, 0.2) is 11.7 Å². The molecule has 1 aliphatic rings. The summed E-state index contributed by atoms with van der Waals surface area (Å²) >= 11 is 0. The summed E-state index contributed by atoms with van der Waals surface area (Å²) in [7, 11) is -3.32. The van der Waals surface area contributed by atoms with Gasteiger partial charge in [-0.15, -0.1) is 13.2 Å². The quantitative estimate of drug-likeness (QED) is 0.506. The van der Waals surface area contributed by atoms with E-state index in [1.807, 2.05) is 0 Å². The van der Waals surface area contributed by atoms with Gasteiger partial charge in [-0.3, -0.25) is 4.99 Å². The van der Waals surface area contributed by atoms with Crippen molar-refractivity contribution in [1.29, 1.82) is 0 Å². The molecule has 0 spiro atoms. The first kappa shape index (κ1) is 20.3. The highest BCUT2D eigenvalue weighted by atomic mass is 32.2. The SMILES string of the molecule is CS(=O)(=O)NC1CCCC1CN=C(N)Nc1ccccc1OC(F)(F)F. The number of nitrogens with one attached hydrogen (secondary N) is 2. The highest BCUT2D eigenvalue weighted by Crippen LogP contribution is 2.30. The molecule has 2 rings (SSSR count). The van der Waals surface area contributed by atoms with Crippen molar-refractivity contribution < 1.29 is 26.3 Å². The number of rotatable bonds is 6. The molecule has 0 radical (unpaired) electrons. The number of nitrogens with two attached hydrogens (primary N) is 1. The number of sulfonamides is 1. The molecule has 0 aromatic heterocycles. The molecule has 1 aromatic carbocycles. The predicted octanol–water partition coefficient (Wildman–Crippen LogP) is 2.03. The fourth-order valence-corrected chi connectivity index (χ4v) is 3.72. The number of nitrogens with zero attached hydrogens (tertiary/aromatic N) is 1. The van der Waals surface area contributed by atoms with Crippen molar-refractivity contribution in [1.82, 2.24) is 4.72 Å². The molecule has 0 heterocycles. The van der Waals surface area contributed by atoms with Gasteiger partial charge in [-0.05, 0) is 30.9 Å². The van der Waals surface area contributed by atoms with E-state index in [9.17, 15) is 21.6 Å². The highest BCUT2D eigenvalue weighted by molar-refractivity contribution is 7.88. The van der Waals surface area contributed by atoms with Gasteiger partial charge >= 0.3 is 6.36 Å². The molecule has 1 aliphatic carbocycles. The Bertz CT molecular complexity index is 753. The van der Waals surface area contributed by atoms with E-state index in [1.54, 1.807) is 0 Å². The Morgan fingerprint density at radius 2 is 2.04 bits per heavy atom. The third-order valence-corrected chi connectivity index (χ3v) is 4.63. The van der Waals surface area contributed by atoms with Crippen molar-refractivity contribution in [3.05, 3.63) is 24.3 Å². The van der Waals surface area contributed by atoms with E-state index in [1.165, 1.54) is 18.2 Å². The van der Waals surface area contributed by atoms with E-state index in [4.69, 9.17) is 5.73 Å². The summed E-state index contributed by atoms with van der Waals surface area (Å²) in [5.74, 6) is -0.518. The molecule has 7 nitrogen and oxygen atoms in total. The molecule has 11 heteroatoms. The minimum Gasteiger partial charge on any atom is -0.404 e. The van der Waals surface area contributed by atoms with Crippen LogP contribution in [0.5, 0.6) is 5.75 Å². The monoisotopic (exact) mass is 394 g/mol. The van der Waals surface area contributed by atoms with Crippen LogP contribution >= 0.6 is 0 Å². The van der Waals surface area contributed by atoms with E-state index >= 15 is 0 Å². The Morgan fingerprint density at radius 1 is 1.35 bits per heavy atom. The fraction of sp³-hybridized carbons (Fsp3) is 0.533. The van der Waals surface area contributed by atoms with Crippen LogP contribution in [0.15, 0.2) is 29.3 Å². The Balaban J connectivity index is 2.00. The highest BCUT2D eigenvalue weighted by Gasteiger charge is 2.32. The van der Waals surface area contributed by atoms with Crippen molar-refractivity contribution in [2.45, 2.75) is 31.7 Å². The van der Waals surface area contributed by atoms with Crippen LogP contribution in [0.3, 0.4) is 0 Å². The molecule has 26 heavy (non-hydrogen) atoms. The number of alkyl halides is 3. The van der Waals surface area contributed by atoms with E-state index in [-0.39, 0.29) is 30.2 Å². The Kier molecular flexibility index (Phi) is 6.34. The van der Waals surface area contributed by atoms with Crippen LogP contribution in [0.2, 0.25) is 0 Å². The van der Waals surface area contributed by atoms with Crippen molar-refractivity contribution in [3.8, 4) is 5.75 Å². The molecule has 2 atom stereocenters. The maximum Gasteiger partial charge on any atom is 0.573 e. The Labute approximate surface area is 149 Å². The minimum atomic E-state index is -4.82. The number of ether oxygens (including phenoxy) is 1. The Morgan fingerprint density at radius 3 is 2.69 bits per heavy atom. The largest absolute Gasteiger partial charge is 0.573 e. The molecule has 4 N–H and O–H groups in total. The lowest BCUT2D eigenvalue weighted by atomic mass is 10.1. The molecule has 0 amide bonds. The van der Waals surface area contributed by atoms with Crippen LogP contribution in [0.1, 0.15) is 19.3 Å². The topological polar surface area (TPSA) is 106 Å². The zero-order chi connectivity index (χ0) is 19.4. The molecule has 1 saturated carbocycles. The number of aliphatic imine (C=N–C) groups is 1. The molecular formula is C15H21F3N4O3S. The van der Waals surface area contributed by atoms with Gasteiger partial charge in [0.1, 0.15) is 0 Å². The molecule has 146 valence electrons. The number of para-hydroxylation sites is 2. The van der Waals surface area contributed by atoms with Crippen LogP contribution in [-0.4, -0.2) is 39.6 Å². The normalized spacial score (nSPS) is 21.6. The van der Waals surface area contributed by atoms with E-state index in [2.05, 4.69) is 19.8 Å². The third-order valence-electron chi connectivity index (χ3n) is 3.90. The molecule has 0 saturated heterocycles. The van der Waals surface area contributed by atoms with Gasteiger partial charge in [-0.1, -0.05) is 18.6 Å². The second kappa shape index (κ2) is 8.12. The summed E-state index contributed by atoms with van der Waals surface area (Å²) in [5, 5.41) is 2.58. The van der Waals surface area contributed by atoms with Crippen molar-refractivity contribution in [3.63, 3.8) is 0 Å². The van der Waals surface area contributed by atoms with Crippen molar-refractivity contribution in [2.24, 2.45) is 16.6 Å². The third kappa shape index (κ3) is 6.71. The number of hydrogen-bond acceptors (Lipinski definition) is 4. The van der Waals surface area contributed by atoms with E-state index in [0.29, 0.717) is 6.42 Å². The van der Waals surface area contributed by atoms with Gasteiger partial charge < -0.3 is 15.8 Å². The lowest BCUT2D eigenvalue weighted by molar-refractivity contribution is -0.274. The summed E-state index contributed by atoms with van der Waals surface area (Å²) in [6, 6.07) is 5.25. The fourth-order valence-electron chi connectivity index (χ4n) is 2.86. The summed E-state index contributed by atoms with van der Waals surface area (Å²) in [6.07, 6.45) is -1.36. The van der Waals surface area contributed by atoms with Gasteiger partial charge in [0, 0.05) is 12.6 Å². The minimum absolute atomic E-state index is 0.0215. The van der Waals surface area contributed by atoms with Gasteiger partial charge in [-0.2, -0.15) is 0 Å². The first-order valence-corrected chi connectivity index (χ1v) is 9.81. The lowest BCUT2D eigenvalue weighted by Gasteiger charge is -2.18. The maximum absolute atomic E-state index is 12.4. The average Bonchev–Trinajstić information content (AvgIpc) is 2.91. The maximum atomic E-state index is 12.4. The first-order chi connectivity index (χ1) is 12.0. The zero-order valence-electron chi connectivity index (χ0n) is 14.1. The number of halogens is 3. The van der Waals surface area contributed by atoms with Crippen molar-refractivity contribution >= 4 is 21.7 Å². The second-order valence-corrected chi connectivity index (χ2v) is 7.86. The van der Waals surface area contributed by atoms with Gasteiger partial charge in [0.05, 0.1) is 11.9 Å². The van der Waals surface area contributed by atoms with Crippen molar-refractivity contribution in [2.75, 3.05) is 18.1 Å². The van der Waals surface area contributed by atoms with Crippen LogP contribution < -0.4 is 20.5 Å². The summed E-state index contributed by atoms with van der Waals surface area (Å²) < 4.78 is 66.5. The second-order valence-electron chi connectivity index (χ2n) is 6.08. The number of hydrogen-bond donors (Lipinski definition) is 3. The lowest BCUT2D eigenvalue weighted by Crippen LogP contribution is -2.38. The predicted molar refractivity (Wildman–Crippen MR) is 92.3 cm³/mol. The summed E-state index contributed by atoms with van der Waals surface area (Å²) in [6.45, 7) is 0.258. The summed E-state index contributed by atoms with van der Waals surface area (Å²) in [4.78, 5) is 4.13. The molecule has 1 aromatic rings. The molecule has 0 bridgehead atoms. The average molecular weight is 394 g/mol.